The first kappa shape index (κ1) is 18.7. The van der Waals surface area contributed by atoms with E-state index in [1.165, 1.54) is 18.4 Å². The molecule has 0 fully saturated rings. The van der Waals surface area contributed by atoms with E-state index in [-0.39, 0.29) is 5.91 Å². The van der Waals surface area contributed by atoms with Crippen molar-refractivity contribution in [2.75, 3.05) is 19.5 Å². The van der Waals surface area contributed by atoms with Gasteiger partial charge in [0, 0.05) is 16.5 Å². The summed E-state index contributed by atoms with van der Waals surface area (Å²) in [5.74, 6) is 0.977. The van der Waals surface area contributed by atoms with E-state index in [1.807, 2.05) is 23.6 Å². The number of ether oxygens (including phenoxy) is 2. The Balaban J connectivity index is 1.77. The van der Waals surface area contributed by atoms with Crippen LogP contribution in [0.1, 0.15) is 10.4 Å². The van der Waals surface area contributed by atoms with E-state index in [4.69, 9.17) is 21.1 Å². The third kappa shape index (κ3) is 4.00. The number of halogens is 2. The maximum Gasteiger partial charge on any atom is 0.257 e. The van der Waals surface area contributed by atoms with E-state index >= 15 is 0 Å². The molecule has 1 aromatic heterocycles. The molecule has 3 aromatic rings. The standard InChI is InChI=1S/C18H14BrClN2O3S/c1-24-15-5-3-10(7-12(15)19)14-9-26-18(21-14)22-17(23)11-4-6-16(25-2)13(20)8-11/h3-9H,1-2H3,(H,21,22,23). The summed E-state index contributed by atoms with van der Waals surface area (Å²) in [4.78, 5) is 16.8. The number of methoxy groups -OCH3 is 2. The van der Waals surface area contributed by atoms with Gasteiger partial charge in [0.05, 0.1) is 29.4 Å². The quantitative estimate of drug-likeness (QED) is 0.554. The molecule has 8 heteroatoms. The Labute approximate surface area is 168 Å². The average Bonchev–Trinajstić information content (AvgIpc) is 3.10. The summed E-state index contributed by atoms with van der Waals surface area (Å²) >= 11 is 10.9. The number of amides is 1. The topological polar surface area (TPSA) is 60.5 Å². The molecular formula is C18H14BrClN2O3S. The molecule has 26 heavy (non-hydrogen) atoms. The summed E-state index contributed by atoms with van der Waals surface area (Å²) < 4.78 is 11.2. The maximum absolute atomic E-state index is 12.4. The lowest BCUT2D eigenvalue weighted by Gasteiger charge is -2.06. The second-order valence-corrected chi connectivity index (χ2v) is 7.31. The number of nitrogens with one attached hydrogen (secondary N) is 1. The highest BCUT2D eigenvalue weighted by Gasteiger charge is 2.13. The monoisotopic (exact) mass is 452 g/mol. The molecule has 0 aliphatic carbocycles. The van der Waals surface area contributed by atoms with Gasteiger partial charge in [-0.05, 0) is 52.3 Å². The summed E-state index contributed by atoms with van der Waals surface area (Å²) in [6, 6.07) is 10.5. The van der Waals surface area contributed by atoms with Gasteiger partial charge in [-0.15, -0.1) is 11.3 Å². The number of hydrogen-bond acceptors (Lipinski definition) is 5. The predicted octanol–water partition coefficient (Wildman–Crippen LogP) is 5.50. The number of hydrogen-bond donors (Lipinski definition) is 1. The second kappa shape index (κ2) is 8.07. The van der Waals surface area contributed by atoms with E-state index in [9.17, 15) is 4.79 Å². The Morgan fingerprint density at radius 3 is 2.54 bits per heavy atom. The van der Waals surface area contributed by atoms with Crippen LogP contribution in [0.25, 0.3) is 11.3 Å². The molecule has 0 unspecified atom stereocenters. The highest BCUT2D eigenvalue weighted by atomic mass is 79.9. The fourth-order valence-electron chi connectivity index (χ4n) is 2.27. The van der Waals surface area contributed by atoms with Gasteiger partial charge in [0.15, 0.2) is 5.13 Å². The average molecular weight is 454 g/mol. The van der Waals surface area contributed by atoms with Crippen molar-refractivity contribution in [1.29, 1.82) is 0 Å². The van der Waals surface area contributed by atoms with Crippen LogP contribution in [0.5, 0.6) is 11.5 Å². The van der Waals surface area contributed by atoms with Crippen molar-refractivity contribution in [2.45, 2.75) is 0 Å². The molecule has 1 heterocycles. The van der Waals surface area contributed by atoms with Crippen LogP contribution in [-0.4, -0.2) is 25.1 Å². The molecule has 0 aliphatic heterocycles. The minimum atomic E-state index is -0.286. The first-order chi connectivity index (χ1) is 12.5. The van der Waals surface area contributed by atoms with Crippen molar-refractivity contribution in [2.24, 2.45) is 0 Å². The molecular weight excluding hydrogens is 440 g/mol. The smallest absolute Gasteiger partial charge is 0.257 e. The van der Waals surface area contributed by atoms with Gasteiger partial charge in [0.1, 0.15) is 11.5 Å². The second-order valence-electron chi connectivity index (χ2n) is 5.19. The molecule has 3 rings (SSSR count). The van der Waals surface area contributed by atoms with Gasteiger partial charge in [-0.3, -0.25) is 10.1 Å². The Kier molecular flexibility index (Phi) is 5.80. The van der Waals surface area contributed by atoms with Gasteiger partial charge in [0.25, 0.3) is 5.91 Å². The van der Waals surface area contributed by atoms with Crippen LogP contribution >= 0.6 is 38.9 Å². The van der Waals surface area contributed by atoms with Crippen LogP contribution in [0.15, 0.2) is 46.3 Å². The minimum Gasteiger partial charge on any atom is -0.496 e. The van der Waals surface area contributed by atoms with Crippen molar-refractivity contribution in [3.8, 4) is 22.8 Å². The van der Waals surface area contributed by atoms with E-state index in [2.05, 4.69) is 26.2 Å². The van der Waals surface area contributed by atoms with Crippen LogP contribution in [0.3, 0.4) is 0 Å². The fourth-order valence-corrected chi connectivity index (χ4v) is 3.78. The van der Waals surface area contributed by atoms with E-state index in [0.29, 0.717) is 21.5 Å². The molecule has 2 aromatic carbocycles. The molecule has 5 nitrogen and oxygen atoms in total. The van der Waals surface area contributed by atoms with Crippen molar-refractivity contribution >= 4 is 49.9 Å². The zero-order chi connectivity index (χ0) is 18.7. The lowest BCUT2D eigenvalue weighted by molar-refractivity contribution is 0.102. The Hall–Kier alpha value is -2.09. The first-order valence-corrected chi connectivity index (χ1v) is 9.51. The Morgan fingerprint density at radius 2 is 1.88 bits per heavy atom. The summed E-state index contributed by atoms with van der Waals surface area (Å²) in [6.45, 7) is 0. The SMILES string of the molecule is COc1ccc(C(=O)Nc2nc(-c3ccc(OC)c(Br)c3)cs2)cc1Cl. The maximum atomic E-state index is 12.4. The number of carbonyl (C=O) groups excluding carboxylic acids is 1. The molecule has 1 amide bonds. The van der Waals surface area contributed by atoms with Gasteiger partial charge in [-0.1, -0.05) is 11.6 Å². The van der Waals surface area contributed by atoms with E-state index < -0.39 is 0 Å². The molecule has 0 radical (unpaired) electrons. The Bertz CT molecular complexity index is 961. The molecule has 134 valence electrons. The number of nitrogens with zero attached hydrogens (tertiary/aromatic N) is 1. The number of anilines is 1. The van der Waals surface area contributed by atoms with Gasteiger partial charge in [-0.2, -0.15) is 0 Å². The molecule has 0 atom stereocenters. The number of aromatic nitrogens is 1. The van der Waals surface area contributed by atoms with Gasteiger partial charge >= 0.3 is 0 Å². The van der Waals surface area contributed by atoms with Crippen molar-refractivity contribution in [3.63, 3.8) is 0 Å². The van der Waals surface area contributed by atoms with E-state index in [0.717, 1.165) is 21.5 Å². The predicted molar refractivity (Wildman–Crippen MR) is 108 cm³/mol. The number of carbonyl (C=O) groups is 1. The zero-order valence-corrected chi connectivity index (χ0v) is 17.0. The van der Waals surface area contributed by atoms with E-state index in [1.54, 1.807) is 25.3 Å². The number of benzene rings is 2. The third-order valence-electron chi connectivity index (χ3n) is 3.59. The molecule has 1 N–H and O–H groups in total. The van der Waals surface area contributed by atoms with Crippen LogP contribution < -0.4 is 14.8 Å². The van der Waals surface area contributed by atoms with Crippen LogP contribution in [-0.2, 0) is 0 Å². The summed E-state index contributed by atoms with van der Waals surface area (Å²) in [5.41, 5.74) is 2.11. The third-order valence-corrected chi connectivity index (χ3v) is 5.26. The fraction of sp³-hybridized carbons (Fsp3) is 0.111. The molecule has 0 aliphatic rings. The zero-order valence-electron chi connectivity index (χ0n) is 13.9. The van der Waals surface area contributed by atoms with Crippen LogP contribution in [0.2, 0.25) is 5.02 Å². The number of rotatable bonds is 5. The van der Waals surface area contributed by atoms with Crippen LogP contribution in [0, 0.1) is 0 Å². The van der Waals surface area contributed by atoms with Gasteiger partial charge in [-0.25, -0.2) is 4.98 Å². The summed E-state index contributed by atoms with van der Waals surface area (Å²) in [5, 5.41) is 5.54. The lowest BCUT2D eigenvalue weighted by atomic mass is 10.2. The molecule has 0 spiro atoms. The summed E-state index contributed by atoms with van der Waals surface area (Å²) in [7, 11) is 3.14. The minimum absolute atomic E-state index is 0.286. The first-order valence-electron chi connectivity index (χ1n) is 7.46. The Morgan fingerprint density at radius 1 is 1.15 bits per heavy atom. The largest absolute Gasteiger partial charge is 0.496 e. The summed E-state index contributed by atoms with van der Waals surface area (Å²) in [6.07, 6.45) is 0. The van der Waals surface area contributed by atoms with Crippen molar-refractivity contribution in [1.82, 2.24) is 4.98 Å². The lowest BCUT2D eigenvalue weighted by Crippen LogP contribution is -2.11. The van der Waals surface area contributed by atoms with Crippen molar-refractivity contribution < 1.29 is 14.3 Å². The van der Waals surface area contributed by atoms with Crippen molar-refractivity contribution in [3.05, 3.63) is 56.8 Å². The molecule has 0 saturated carbocycles. The highest BCUT2D eigenvalue weighted by Crippen LogP contribution is 2.32. The highest BCUT2D eigenvalue weighted by molar-refractivity contribution is 9.10. The van der Waals surface area contributed by atoms with Gasteiger partial charge in [0.2, 0.25) is 0 Å². The van der Waals surface area contributed by atoms with Gasteiger partial charge < -0.3 is 9.47 Å². The normalized spacial score (nSPS) is 10.5. The molecule has 0 bridgehead atoms. The molecule has 0 saturated heterocycles. The number of thiazole rings is 1. The van der Waals surface area contributed by atoms with Crippen LogP contribution in [0.4, 0.5) is 5.13 Å².